The number of hydrogen-bond acceptors (Lipinski definition) is 2. The van der Waals surface area contributed by atoms with E-state index in [1.54, 1.807) is 0 Å². The Bertz CT molecular complexity index is 544. The van der Waals surface area contributed by atoms with Crippen LogP contribution in [0.25, 0.3) is 0 Å². The summed E-state index contributed by atoms with van der Waals surface area (Å²) in [4.78, 5) is 4.59. The van der Waals surface area contributed by atoms with E-state index in [4.69, 9.17) is 4.74 Å². The van der Waals surface area contributed by atoms with Crippen molar-refractivity contribution >= 4 is 6.21 Å². The molecule has 1 unspecified atom stereocenters. The second-order valence-electron chi connectivity index (χ2n) is 6.21. The Hall–Kier alpha value is -1.67. The molecule has 0 saturated carbocycles. The number of unbranched alkanes of at least 4 members (excludes halogenated alkanes) is 2. The standard InChI is InChI=1S/C21H29NO/c1-3-5-9-14-21(23-17-4-2)15-12-20(13-16-21)22-18-19-10-7-6-8-11-19/h6-8,10-13,15,18H,3-5,9,14,16-17H2,1-2H3. The minimum Gasteiger partial charge on any atom is -0.371 e. The number of benzene rings is 1. The Morgan fingerprint density at radius 1 is 1.13 bits per heavy atom. The largest absolute Gasteiger partial charge is 0.371 e. The third-order valence-electron chi connectivity index (χ3n) is 4.17. The number of allylic oxidation sites excluding steroid dienone is 1. The van der Waals surface area contributed by atoms with Crippen LogP contribution in [-0.4, -0.2) is 18.4 Å². The Labute approximate surface area is 141 Å². The zero-order valence-electron chi connectivity index (χ0n) is 14.5. The third-order valence-corrected chi connectivity index (χ3v) is 4.17. The van der Waals surface area contributed by atoms with Crippen LogP contribution in [0.4, 0.5) is 0 Å². The van der Waals surface area contributed by atoms with Crippen LogP contribution < -0.4 is 0 Å². The predicted molar refractivity (Wildman–Crippen MR) is 99.0 cm³/mol. The highest BCUT2D eigenvalue weighted by molar-refractivity contribution is 5.80. The van der Waals surface area contributed by atoms with E-state index < -0.39 is 0 Å². The molecule has 1 aromatic rings. The molecule has 1 aliphatic carbocycles. The fourth-order valence-corrected chi connectivity index (χ4v) is 2.78. The minimum absolute atomic E-state index is 0.114. The highest BCUT2D eigenvalue weighted by Gasteiger charge is 2.28. The van der Waals surface area contributed by atoms with Crippen molar-refractivity contribution in [2.75, 3.05) is 6.61 Å². The number of hydrogen-bond donors (Lipinski definition) is 0. The average molecular weight is 311 g/mol. The van der Waals surface area contributed by atoms with Gasteiger partial charge in [-0.1, -0.05) is 75.6 Å². The number of ether oxygens (including phenoxy) is 1. The highest BCUT2D eigenvalue weighted by atomic mass is 16.5. The van der Waals surface area contributed by atoms with Gasteiger partial charge in [-0.05, 0) is 24.5 Å². The first-order valence-electron chi connectivity index (χ1n) is 8.90. The van der Waals surface area contributed by atoms with E-state index >= 15 is 0 Å². The van der Waals surface area contributed by atoms with Crippen LogP contribution in [0.3, 0.4) is 0 Å². The lowest BCUT2D eigenvalue weighted by atomic mass is 9.88. The molecule has 1 atom stereocenters. The van der Waals surface area contributed by atoms with Gasteiger partial charge in [0.05, 0.1) is 11.3 Å². The molecule has 0 amide bonds. The number of aliphatic imine (C=N–C) groups is 1. The van der Waals surface area contributed by atoms with Crippen LogP contribution in [0.1, 0.15) is 57.9 Å². The van der Waals surface area contributed by atoms with Crippen LogP contribution in [0.2, 0.25) is 0 Å². The molecule has 23 heavy (non-hydrogen) atoms. The summed E-state index contributed by atoms with van der Waals surface area (Å²) in [6, 6.07) is 10.2. The van der Waals surface area contributed by atoms with Crippen LogP contribution >= 0.6 is 0 Å². The lowest BCUT2D eigenvalue weighted by Crippen LogP contribution is -2.31. The third kappa shape index (κ3) is 5.80. The lowest BCUT2D eigenvalue weighted by Gasteiger charge is -2.32. The topological polar surface area (TPSA) is 21.6 Å². The first-order chi connectivity index (χ1) is 11.3. The molecule has 0 saturated heterocycles. The van der Waals surface area contributed by atoms with Crippen LogP contribution in [0.15, 0.2) is 59.2 Å². The molecule has 0 aromatic heterocycles. The van der Waals surface area contributed by atoms with Crippen molar-refractivity contribution in [1.29, 1.82) is 0 Å². The Balaban J connectivity index is 1.97. The average Bonchev–Trinajstić information content (AvgIpc) is 2.61. The first kappa shape index (κ1) is 17.7. The molecule has 0 aliphatic heterocycles. The molecule has 1 aliphatic rings. The van der Waals surface area contributed by atoms with Gasteiger partial charge in [0.25, 0.3) is 0 Å². The van der Waals surface area contributed by atoms with E-state index in [-0.39, 0.29) is 5.60 Å². The van der Waals surface area contributed by atoms with Gasteiger partial charge in [-0.2, -0.15) is 0 Å². The highest BCUT2D eigenvalue weighted by Crippen LogP contribution is 2.31. The molecule has 0 fully saturated rings. The van der Waals surface area contributed by atoms with E-state index in [2.05, 4.69) is 49.2 Å². The number of rotatable bonds is 9. The molecule has 0 heterocycles. The van der Waals surface area contributed by atoms with Gasteiger partial charge in [-0.15, -0.1) is 0 Å². The molecule has 0 N–H and O–H groups in total. The van der Waals surface area contributed by atoms with Gasteiger partial charge in [0, 0.05) is 19.2 Å². The molecule has 0 spiro atoms. The second kappa shape index (κ2) is 9.46. The zero-order chi connectivity index (χ0) is 16.4. The molecule has 0 radical (unpaired) electrons. The summed E-state index contributed by atoms with van der Waals surface area (Å²) >= 11 is 0. The first-order valence-corrected chi connectivity index (χ1v) is 8.90. The summed E-state index contributed by atoms with van der Waals surface area (Å²) in [6.07, 6.45) is 15.3. The quantitative estimate of drug-likeness (QED) is 0.424. The van der Waals surface area contributed by atoms with Gasteiger partial charge in [0.15, 0.2) is 0 Å². The maximum atomic E-state index is 6.19. The van der Waals surface area contributed by atoms with Gasteiger partial charge in [-0.3, -0.25) is 4.99 Å². The lowest BCUT2D eigenvalue weighted by molar-refractivity contribution is -0.0147. The summed E-state index contributed by atoms with van der Waals surface area (Å²) in [7, 11) is 0. The van der Waals surface area contributed by atoms with E-state index in [0.717, 1.165) is 37.1 Å². The van der Waals surface area contributed by atoms with Gasteiger partial charge < -0.3 is 4.74 Å². The zero-order valence-corrected chi connectivity index (χ0v) is 14.5. The van der Waals surface area contributed by atoms with Crippen molar-refractivity contribution in [3.05, 3.63) is 59.8 Å². The SMILES string of the molecule is CCCCCC1(OCCC)C=CC(N=Cc2ccccc2)=CC1. The van der Waals surface area contributed by atoms with Crippen LogP contribution in [0, 0.1) is 0 Å². The Morgan fingerprint density at radius 2 is 1.96 bits per heavy atom. The van der Waals surface area contributed by atoms with Gasteiger partial charge in [0.2, 0.25) is 0 Å². The second-order valence-corrected chi connectivity index (χ2v) is 6.21. The molecule has 2 nitrogen and oxygen atoms in total. The fraction of sp³-hybridized carbons (Fsp3) is 0.476. The van der Waals surface area contributed by atoms with Gasteiger partial charge >= 0.3 is 0 Å². The minimum atomic E-state index is -0.114. The van der Waals surface area contributed by atoms with E-state index in [1.165, 1.54) is 19.3 Å². The Morgan fingerprint density at radius 3 is 2.61 bits per heavy atom. The molecule has 1 aromatic carbocycles. The molecule has 2 heteroatoms. The van der Waals surface area contributed by atoms with Crippen LogP contribution in [0.5, 0.6) is 0 Å². The summed E-state index contributed by atoms with van der Waals surface area (Å²) in [6.45, 7) is 5.23. The van der Waals surface area contributed by atoms with Crippen molar-refractivity contribution in [3.63, 3.8) is 0 Å². The molecule has 0 bridgehead atoms. The van der Waals surface area contributed by atoms with E-state index in [9.17, 15) is 0 Å². The van der Waals surface area contributed by atoms with Crippen LogP contribution in [-0.2, 0) is 4.74 Å². The van der Waals surface area contributed by atoms with Crippen molar-refractivity contribution in [3.8, 4) is 0 Å². The summed E-state index contributed by atoms with van der Waals surface area (Å²) < 4.78 is 6.19. The smallest absolute Gasteiger partial charge is 0.0901 e. The van der Waals surface area contributed by atoms with Crippen molar-refractivity contribution in [2.45, 2.75) is 58.0 Å². The molecular weight excluding hydrogens is 282 g/mol. The van der Waals surface area contributed by atoms with Crippen molar-refractivity contribution < 1.29 is 4.74 Å². The van der Waals surface area contributed by atoms with E-state index in [0.29, 0.717) is 0 Å². The van der Waals surface area contributed by atoms with Crippen molar-refractivity contribution in [2.24, 2.45) is 4.99 Å². The van der Waals surface area contributed by atoms with E-state index in [1.807, 2.05) is 24.4 Å². The maximum Gasteiger partial charge on any atom is 0.0901 e. The summed E-state index contributed by atoms with van der Waals surface area (Å²) in [5.41, 5.74) is 2.04. The van der Waals surface area contributed by atoms with Gasteiger partial charge in [-0.25, -0.2) is 0 Å². The summed E-state index contributed by atoms with van der Waals surface area (Å²) in [5, 5.41) is 0. The fourth-order valence-electron chi connectivity index (χ4n) is 2.78. The molecule has 124 valence electrons. The summed E-state index contributed by atoms with van der Waals surface area (Å²) in [5.74, 6) is 0. The van der Waals surface area contributed by atoms with Crippen molar-refractivity contribution in [1.82, 2.24) is 0 Å². The normalized spacial score (nSPS) is 20.9. The molecular formula is C21H29NO. The monoisotopic (exact) mass is 311 g/mol. The van der Waals surface area contributed by atoms with Gasteiger partial charge in [0.1, 0.15) is 0 Å². The predicted octanol–water partition coefficient (Wildman–Crippen LogP) is 5.70. The maximum absolute atomic E-state index is 6.19. The molecule has 2 rings (SSSR count). The number of nitrogens with zero attached hydrogens (tertiary/aromatic N) is 1. The Kier molecular flexibility index (Phi) is 7.28.